The van der Waals surface area contributed by atoms with Crippen LogP contribution in [0.5, 0.6) is 0 Å². The highest BCUT2D eigenvalue weighted by molar-refractivity contribution is 5.97. The molecule has 11 aromatic rings. The van der Waals surface area contributed by atoms with Gasteiger partial charge in [-0.15, -0.1) is 0 Å². The van der Waals surface area contributed by atoms with Gasteiger partial charge < -0.3 is 0 Å². The van der Waals surface area contributed by atoms with Crippen molar-refractivity contribution in [1.82, 2.24) is 15.0 Å². The lowest BCUT2D eigenvalue weighted by Crippen LogP contribution is -2.28. The second-order valence-corrected chi connectivity index (χ2v) is 22.0. The van der Waals surface area contributed by atoms with Crippen LogP contribution in [0.3, 0.4) is 0 Å². The third-order valence-electron chi connectivity index (χ3n) is 16.3. The zero-order valence-corrected chi connectivity index (χ0v) is 42.3. The molecule has 2 aliphatic carbocycles. The molecule has 74 heavy (non-hydrogen) atoms. The third kappa shape index (κ3) is 6.69. The largest absolute Gasteiger partial charge is 0.208 e. The maximum Gasteiger partial charge on any atom is 0.164 e. The lowest BCUT2D eigenvalue weighted by atomic mass is 9.67. The number of nitrogens with zero attached hydrogens (tertiary/aromatic N) is 3. The number of rotatable bonds is 5. The third-order valence-corrected chi connectivity index (χ3v) is 16.3. The van der Waals surface area contributed by atoms with Gasteiger partial charge in [0, 0.05) is 22.1 Å². The van der Waals surface area contributed by atoms with Crippen LogP contribution >= 0.6 is 0 Å². The van der Waals surface area contributed by atoms with Crippen molar-refractivity contribution in [3.05, 3.63) is 269 Å². The number of aromatic nitrogens is 3. The minimum atomic E-state index is -0.608. The summed E-state index contributed by atoms with van der Waals surface area (Å²) >= 11 is 0. The maximum absolute atomic E-state index is 5.72. The topological polar surface area (TPSA) is 38.7 Å². The molecule has 1 spiro atoms. The number of fused-ring (bicyclic) bond motifs is 11. The molecule has 1 aliphatic heterocycles. The molecule has 14 rings (SSSR count). The molecule has 0 radical (unpaired) electrons. The SMILES string of the molecule is CC(C)(C)c1ccc2c(c1)C13c4ccccc4-c4ccc(cc41)-c1nc(-c4cc(-c5ccccc5)cc(-c5ccccc5)c4)nc(n1)-c1cc(-c4ccccc4)cc(-c4ccccc4)c1C(C)(C)c1ccc-2c3c1. The van der Waals surface area contributed by atoms with Crippen molar-refractivity contribution in [2.45, 2.75) is 50.9 Å². The predicted molar refractivity (Wildman–Crippen MR) is 305 cm³/mol. The molecule has 0 N–H and O–H groups in total. The molecule has 3 heteroatoms. The van der Waals surface area contributed by atoms with Crippen LogP contribution in [-0.2, 0) is 16.2 Å². The number of hydrogen-bond acceptors (Lipinski definition) is 3. The second kappa shape index (κ2) is 16.4. The van der Waals surface area contributed by atoms with E-state index in [-0.39, 0.29) is 5.41 Å². The molecule has 6 bridgehead atoms. The van der Waals surface area contributed by atoms with Crippen LogP contribution in [0, 0.1) is 0 Å². The van der Waals surface area contributed by atoms with Crippen molar-refractivity contribution in [3.8, 4) is 101 Å². The quantitative estimate of drug-likeness (QED) is 0.173. The molecule has 10 aromatic carbocycles. The summed E-state index contributed by atoms with van der Waals surface area (Å²) in [4.78, 5) is 17.0. The summed E-state index contributed by atoms with van der Waals surface area (Å²) in [6.07, 6.45) is 0. The van der Waals surface area contributed by atoms with Crippen molar-refractivity contribution in [3.63, 3.8) is 0 Å². The van der Waals surface area contributed by atoms with Crippen LogP contribution in [0.1, 0.15) is 73.6 Å². The van der Waals surface area contributed by atoms with E-state index in [1.807, 2.05) is 0 Å². The van der Waals surface area contributed by atoms with E-state index in [9.17, 15) is 0 Å². The molecule has 3 aliphatic rings. The monoisotopic (exact) mass is 947 g/mol. The lowest BCUT2D eigenvalue weighted by molar-refractivity contribution is 0.588. The Morgan fingerprint density at radius 1 is 0.297 bits per heavy atom. The minimum absolute atomic E-state index is 0.0638. The van der Waals surface area contributed by atoms with E-state index in [2.05, 4.69) is 265 Å². The Labute approximate surface area is 434 Å². The highest BCUT2D eigenvalue weighted by Gasteiger charge is 2.53. The summed E-state index contributed by atoms with van der Waals surface area (Å²) < 4.78 is 0. The molecule has 0 saturated carbocycles. The van der Waals surface area contributed by atoms with E-state index in [4.69, 9.17) is 15.0 Å². The molecule has 3 nitrogen and oxygen atoms in total. The standard InChI is InChI=1S/C71H53N3/c1-69(2,3)53-31-34-57-58-35-32-54-43-64(58)71(63(57)42-53)61-29-19-18-28-55(61)56-33-30-48(41-62(56)71)66-72-67(52-37-49(44-20-10-6-11-21-44)36-50(38-52)45-22-12-7-13-23-45)74-68(73-66)60-40-51(46-24-14-8-15-25-46)39-59(65(60)70(54,4)5)47-26-16-9-17-27-47/h6-43H,1-5H3. The van der Waals surface area contributed by atoms with Gasteiger partial charge in [0.25, 0.3) is 0 Å². The molecule has 0 fully saturated rings. The Morgan fingerprint density at radius 3 is 1.35 bits per heavy atom. The average molecular weight is 948 g/mol. The fraction of sp³-hybridized carbons (Fsp3) is 0.113. The van der Waals surface area contributed by atoms with Crippen LogP contribution in [0.4, 0.5) is 0 Å². The molecule has 0 saturated heterocycles. The predicted octanol–water partition coefficient (Wildman–Crippen LogP) is 17.8. The Hall–Kier alpha value is -8.79. The van der Waals surface area contributed by atoms with Gasteiger partial charge in [-0.05, 0) is 148 Å². The van der Waals surface area contributed by atoms with E-state index >= 15 is 0 Å². The van der Waals surface area contributed by atoms with Gasteiger partial charge in [-0.1, -0.05) is 229 Å². The smallest absolute Gasteiger partial charge is 0.164 e. The van der Waals surface area contributed by atoms with Crippen molar-refractivity contribution in [2.24, 2.45) is 0 Å². The van der Waals surface area contributed by atoms with Gasteiger partial charge >= 0.3 is 0 Å². The zero-order chi connectivity index (χ0) is 49.9. The fourth-order valence-corrected chi connectivity index (χ4v) is 12.6. The van der Waals surface area contributed by atoms with Gasteiger partial charge in [-0.2, -0.15) is 0 Å². The normalized spacial score (nSPS) is 15.3. The first-order valence-electron chi connectivity index (χ1n) is 25.9. The summed E-state index contributed by atoms with van der Waals surface area (Å²) in [7, 11) is 0. The second-order valence-electron chi connectivity index (χ2n) is 22.0. The van der Waals surface area contributed by atoms with E-state index in [0.717, 1.165) is 66.8 Å². The lowest BCUT2D eigenvalue weighted by Gasteiger charge is -2.35. The van der Waals surface area contributed by atoms with Crippen molar-refractivity contribution >= 4 is 0 Å². The maximum atomic E-state index is 5.72. The molecular weight excluding hydrogens is 895 g/mol. The first kappa shape index (κ1) is 44.0. The molecule has 2 heterocycles. The summed E-state index contributed by atoms with van der Waals surface area (Å²) in [6.45, 7) is 11.8. The van der Waals surface area contributed by atoms with Gasteiger partial charge in [-0.3, -0.25) is 0 Å². The molecule has 352 valence electrons. The van der Waals surface area contributed by atoms with Gasteiger partial charge in [0.1, 0.15) is 0 Å². The van der Waals surface area contributed by atoms with Crippen molar-refractivity contribution in [1.29, 1.82) is 0 Å². The molecule has 1 atom stereocenters. The van der Waals surface area contributed by atoms with E-state index in [0.29, 0.717) is 17.5 Å². The molecule has 1 unspecified atom stereocenters. The van der Waals surface area contributed by atoms with Crippen LogP contribution < -0.4 is 0 Å². The summed E-state index contributed by atoms with van der Waals surface area (Å²) in [6, 6.07) is 85.2. The van der Waals surface area contributed by atoms with E-state index in [1.54, 1.807) is 0 Å². The van der Waals surface area contributed by atoms with E-state index in [1.165, 1.54) is 55.6 Å². The van der Waals surface area contributed by atoms with Crippen LogP contribution in [-0.4, -0.2) is 15.0 Å². The molecule has 1 aromatic heterocycles. The average Bonchev–Trinajstić information content (AvgIpc) is 3.91. The minimum Gasteiger partial charge on any atom is -0.208 e. The first-order chi connectivity index (χ1) is 36.0. The van der Waals surface area contributed by atoms with Gasteiger partial charge in [0.2, 0.25) is 0 Å². The highest BCUT2D eigenvalue weighted by atomic mass is 15.0. The van der Waals surface area contributed by atoms with E-state index < -0.39 is 10.8 Å². The highest BCUT2D eigenvalue weighted by Crippen LogP contribution is 2.64. The van der Waals surface area contributed by atoms with Gasteiger partial charge in [-0.25, -0.2) is 15.0 Å². The Morgan fingerprint density at radius 2 is 0.743 bits per heavy atom. The summed E-state index contributed by atoms with van der Waals surface area (Å²) in [5, 5.41) is 0. The summed E-state index contributed by atoms with van der Waals surface area (Å²) in [5.74, 6) is 1.88. The molecule has 0 amide bonds. The van der Waals surface area contributed by atoms with Gasteiger partial charge in [0.15, 0.2) is 17.5 Å². The number of benzene rings is 10. The zero-order valence-electron chi connectivity index (χ0n) is 42.3. The van der Waals surface area contributed by atoms with Crippen LogP contribution in [0.25, 0.3) is 101 Å². The molecular formula is C71H53N3. The van der Waals surface area contributed by atoms with Crippen molar-refractivity contribution in [2.75, 3.05) is 0 Å². The fourth-order valence-electron chi connectivity index (χ4n) is 12.6. The van der Waals surface area contributed by atoms with Crippen molar-refractivity contribution < 1.29 is 0 Å². The Kier molecular flexibility index (Phi) is 9.72. The first-order valence-corrected chi connectivity index (χ1v) is 25.9. The number of hydrogen-bond donors (Lipinski definition) is 0. The van der Waals surface area contributed by atoms with Crippen LogP contribution in [0.2, 0.25) is 0 Å². The Bertz CT molecular complexity index is 4000. The summed E-state index contributed by atoms with van der Waals surface area (Å²) in [5.41, 5.74) is 24.5. The van der Waals surface area contributed by atoms with Gasteiger partial charge in [0.05, 0.1) is 5.41 Å². The Balaban J connectivity index is 1.14. The van der Waals surface area contributed by atoms with Crippen LogP contribution in [0.15, 0.2) is 231 Å².